The maximum atomic E-state index is 10.8. The molecule has 0 aromatic heterocycles. The van der Waals surface area contributed by atoms with E-state index < -0.39 is 9.84 Å². The monoisotopic (exact) mass is 227 g/mol. The van der Waals surface area contributed by atoms with Gasteiger partial charge in [0.25, 0.3) is 0 Å². The summed E-state index contributed by atoms with van der Waals surface area (Å²) in [6, 6.07) is 0. The zero-order valence-corrected chi connectivity index (χ0v) is 10.0. The van der Waals surface area contributed by atoms with Crippen molar-refractivity contribution >= 4 is 21.4 Å². The number of halogens is 1. The molecule has 0 fully saturated rings. The summed E-state index contributed by atoms with van der Waals surface area (Å²) in [5.41, 5.74) is -0.112. The highest BCUT2D eigenvalue weighted by molar-refractivity contribution is 7.90. The summed E-state index contributed by atoms with van der Waals surface area (Å²) in [5, 5.41) is 3.18. The number of rotatable bonds is 6. The number of alkyl halides is 1. The van der Waals surface area contributed by atoms with E-state index in [-0.39, 0.29) is 11.3 Å². The van der Waals surface area contributed by atoms with E-state index in [1.165, 1.54) is 6.26 Å². The van der Waals surface area contributed by atoms with Crippen LogP contribution < -0.4 is 5.32 Å². The number of hydrogen-bond acceptors (Lipinski definition) is 3. The van der Waals surface area contributed by atoms with Crippen molar-refractivity contribution in [3.05, 3.63) is 0 Å². The molecule has 0 saturated carbocycles. The fourth-order valence-corrected chi connectivity index (χ4v) is 1.57. The molecule has 0 unspecified atom stereocenters. The predicted octanol–water partition coefficient (Wildman–Crippen LogP) is 1.03. The van der Waals surface area contributed by atoms with Gasteiger partial charge in [-0.2, -0.15) is 0 Å². The zero-order chi connectivity index (χ0) is 10.5. The molecule has 0 saturated heterocycles. The molecule has 1 N–H and O–H groups in total. The van der Waals surface area contributed by atoms with Gasteiger partial charge in [0.15, 0.2) is 0 Å². The highest BCUT2D eigenvalue weighted by atomic mass is 35.5. The molecule has 0 rings (SSSR count). The second-order valence-corrected chi connectivity index (χ2v) is 6.45. The summed E-state index contributed by atoms with van der Waals surface area (Å²) in [6.45, 7) is 4.66. The van der Waals surface area contributed by atoms with Crippen molar-refractivity contribution in [3.63, 3.8) is 0 Å². The van der Waals surface area contributed by atoms with Crippen LogP contribution in [0, 0.1) is 0 Å². The molecule has 0 aliphatic heterocycles. The second-order valence-electron chi connectivity index (χ2n) is 3.93. The lowest BCUT2D eigenvalue weighted by Crippen LogP contribution is -2.41. The smallest absolute Gasteiger partial charge is 0.147 e. The number of hydrogen-bond donors (Lipinski definition) is 1. The third kappa shape index (κ3) is 8.53. The van der Waals surface area contributed by atoms with Gasteiger partial charge < -0.3 is 5.32 Å². The van der Waals surface area contributed by atoms with Gasteiger partial charge in [-0.15, -0.1) is 11.6 Å². The SMILES string of the molecule is CC(C)(CCl)NCCCS(C)(=O)=O. The number of nitrogens with one attached hydrogen (secondary N) is 1. The topological polar surface area (TPSA) is 46.2 Å². The quantitative estimate of drug-likeness (QED) is 0.545. The van der Waals surface area contributed by atoms with Crippen molar-refractivity contribution in [1.29, 1.82) is 0 Å². The Hall–Kier alpha value is 0.200. The maximum Gasteiger partial charge on any atom is 0.147 e. The summed E-state index contributed by atoms with van der Waals surface area (Å²) >= 11 is 5.68. The van der Waals surface area contributed by atoms with E-state index >= 15 is 0 Å². The first kappa shape index (κ1) is 13.2. The third-order valence-corrected chi connectivity index (χ3v) is 3.33. The first-order valence-electron chi connectivity index (χ1n) is 4.25. The van der Waals surface area contributed by atoms with Gasteiger partial charge in [-0.3, -0.25) is 0 Å². The van der Waals surface area contributed by atoms with Gasteiger partial charge in [0.05, 0.1) is 5.75 Å². The van der Waals surface area contributed by atoms with Crippen LogP contribution in [-0.4, -0.2) is 38.4 Å². The Balaban J connectivity index is 3.58. The summed E-state index contributed by atoms with van der Waals surface area (Å²) < 4.78 is 21.5. The van der Waals surface area contributed by atoms with Crippen molar-refractivity contribution in [1.82, 2.24) is 5.32 Å². The first-order chi connectivity index (χ1) is 5.77. The molecule has 13 heavy (non-hydrogen) atoms. The van der Waals surface area contributed by atoms with Crippen LogP contribution in [0.3, 0.4) is 0 Å². The Bertz CT molecular complexity index is 237. The summed E-state index contributed by atoms with van der Waals surface area (Å²) in [4.78, 5) is 0. The fraction of sp³-hybridized carbons (Fsp3) is 1.00. The first-order valence-corrected chi connectivity index (χ1v) is 6.85. The van der Waals surface area contributed by atoms with Crippen molar-refractivity contribution in [2.45, 2.75) is 25.8 Å². The Morgan fingerprint density at radius 2 is 1.92 bits per heavy atom. The largest absolute Gasteiger partial charge is 0.311 e. The average Bonchev–Trinajstić information content (AvgIpc) is 1.97. The summed E-state index contributed by atoms with van der Waals surface area (Å²) in [5.74, 6) is 0.754. The van der Waals surface area contributed by atoms with Gasteiger partial charge in [0.2, 0.25) is 0 Å². The van der Waals surface area contributed by atoms with Crippen LogP contribution in [0.25, 0.3) is 0 Å². The van der Waals surface area contributed by atoms with Gasteiger partial charge in [-0.25, -0.2) is 8.42 Å². The van der Waals surface area contributed by atoms with Gasteiger partial charge in [-0.1, -0.05) is 0 Å². The van der Waals surface area contributed by atoms with Crippen LogP contribution in [0.2, 0.25) is 0 Å². The van der Waals surface area contributed by atoms with E-state index in [1.54, 1.807) is 0 Å². The van der Waals surface area contributed by atoms with E-state index in [0.717, 1.165) is 0 Å². The standard InChI is InChI=1S/C8H18ClNO2S/c1-8(2,7-9)10-5-4-6-13(3,11)12/h10H,4-7H2,1-3H3. The van der Waals surface area contributed by atoms with Gasteiger partial charge in [0.1, 0.15) is 9.84 Å². The van der Waals surface area contributed by atoms with Crippen LogP contribution in [0.5, 0.6) is 0 Å². The van der Waals surface area contributed by atoms with Crippen LogP contribution in [0.4, 0.5) is 0 Å². The van der Waals surface area contributed by atoms with Crippen LogP contribution in [0.15, 0.2) is 0 Å². The molecule has 0 heterocycles. The molecule has 0 atom stereocenters. The molecule has 0 spiro atoms. The van der Waals surface area contributed by atoms with Crippen LogP contribution >= 0.6 is 11.6 Å². The Morgan fingerprint density at radius 1 is 1.38 bits per heavy atom. The lowest BCUT2D eigenvalue weighted by Gasteiger charge is -2.23. The van der Waals surface area contributed by atoms with E-state index in [4.69, 9.17) is 11.6 Å². The summed E-state index contributed by atoms with van der Waals surface area (Å²) in [6.07, 6.45) is 1.89. The van der Waals surface area contributed by atoms with E-state index in [1.807, 2.05) is 13.8 Å². The van der Waals surface area contributed by atoms with Crippen molar-refractivity contribution < 1.29 is 8.42 Å². The average molecular weight is 228 g/mol. The van der Waals surface area contributed by atoms with Crippen molar-refractivity contribution in [2.24, 2.45) is 0 Å². The minimum Gasteiger partial charge on any atom is -0.311 e. The third-order valence-electron chi connectivity index (χ3n) is 1.63. The molecule has 0 aliphatic rings. The molecule has 0 aliphatic carbocycles. The minimum atomic E-state index is -2.82. The van der Waals surface area contributed by atoms with Crippen molar-refractivity contribution in [3.8, 4) is 0 Å². The highest BCUT2D eigenvalue weighted by Gasteiger charge is 2.14. The lowest BCUT2D eigenvalue weighted by atomic mass is 10.1. The molecule has 0 radical (unpaired) electrons. The van der Waals surface area contributed by atoms with E-state index in [0.29, 0.717) is 18.8 Å². The molecule has 0 amide bonds. The molecule has 0 aromatic rings. The van der Waals surface area contributed by atoms with Crippen LogP contribution in [0.1, 0.15) is 20.3 Å². The Kier molecular flexibility index (Phi) is 5.25. The normalized spacial score (nSPS) is 13.2. The molecule has 3 nitrogen and oxygen atoms in total. The second kappa shape index (κ2) is 5.17. The fourth-order valence-electron chi connectivity index (χ4n) is 0.808. The molecule has 0 bridgehead atoms. The van der Waals surface area contributed by atoms with Crippen molar-refractivity contribution in [2.75, 3.05) is 24.4 Å². The highest BCUT2D eigenvalue weighted by Crippen LogP contribution is 2.03. The lowest BCUT2D eigenvalue weighted by molar-refractivity contribution is 0.431. The van der Waals surface area contributed by atoms with Gasteiger partial charge in [-0.05, 0) is 26.8 Å². The van der Waals surface area contributed by atoms with Crippen LogP contribution in [-0.2, 0) is 9.84 Å². The van der Waals surface area contributed by atoms with Gasteiger partial charge >= 0.3 is 0 Å². The predicted molar refractivity (Wildman–Crippen MR) is 57.1 cm³/mol. The minimum absolute atomic E-state index is 0.112. The van der Waals surface area contributed by atoms with E-state index in [2.05, 4.69) is 5.32 Å². The number of sulfone groups is 1. The molecule has 5 heteroatoms. The molecular formula is C8H18ClNO2S. The molecule has 0 aromatic carbocycles. The Labute approximate surface area is 85.8 Å². The Morgan fingerprint density at radius 3 is 2.31 bits per heavy atom. The van der Waals surface area contributed by atoms with E-state index in [9.17, 15) is 8.42 Å². The van der Waals surface area contributed by atoms with Gasteiger partial charge in [0, 0.05) is 17.7 Å². The zero-order valence-electron chi connectivity index (χ0n) is 8.43. The molecule has 80 valence electrons. The summed E-state index contributed by atoms with van der Waals surface area (Å²) in [7, 11) is -2.82. The molecular weight excluding hydrogens is 210 g/mol. The maximum absolute atomic E-state index is 10.8.